The van der Waals surface area contributed by atoms with Crippen LogP contribution in [0.4, 0.5) is 22.7 Å². The molecule has 0 spiro atoms. The van der Waals surface area contributed by atoms with E-state index in [1.54, 1.807) is 19.2 Å². The smallest absolute Gasteiger partial charge is 0.269 e. The molecule has 1 aliphatic heterocycles. The molecule has 28 heavy (non-hydrogen) atoms. The average Bonchev–Trinajstić information content (AvgIpc) is 2.72. The van der Waals surface area contributed by atoms with Crippen LogP contribution in [0.3, 0.4) is 0 Å². The maximum Gasteiger partial charge on any atom is 0.269 e. The number of nitrogens with zero attached hydrogens (tertiary/aromatic N) is 2. The highest BCUT2D eigenvalue weighted by molar-refractivity contribution is 5.84. The largest absolute Gasteiger partial charge is 0.491 e. The highest BCUT2D eigenvalue weighted by Crippen LogP contribution is 2.44. The zero-order chi connectivity index (χ0) is 19.5. The van der Waals surface area contributed by atoms with Gasteiger partial charge in [-0.2, -0.15) is 0 Å². The molecule has 1 aliphatic rings. The van der Waals surface area contributed by atoms with Gasteiger partial charge in [0.2, 0.25) is 0 Å². The van der Waals surface area contributed by atoms with E-state index < -0.39 is 0 Å². The Kier molecular flexibility index (Phi) is 4.95. The van der Waals surface area contributed by atoms with Crippen LogP contribution in [0.25, 0.3) is 0 Å². The first-order chi connectivity index (χ1) is 13.7. The highest BCUT2D eigenvalue weighted by atomic mass is 16.6. The molecule has 0 N–H and O–H groups in total. The molecule has 0 radical (unpaired) electrons. The number of anilines is 3. The third-order valence-corrected chi connectivity index (χ3v) is 4.78. The van der Waals surface area contributed by atoms with Gasteiger partial charge < -0.3 is 14.4 Å². The summed E-state index contributed by atoms with van der Waals surface area (Å²) in [4.78, 5) is 13.0. The van der Waals surface area contributed by atoms with Gasteiger partial charge in [0.25, 0.3) is 5.69 Å². The first-order valence-corrected chi connectivity index (χ1v) is 9.04. The lowest BCUT2D eigenvalue weighted by atomic mass is 9.94. The van der Waals surface area contributed by atoms with Crippen molar-refractivity contribution in [1.82, 2.24) is 0 Å². The number of non-ortho nitro benzene ring substituents is 1. The summed E-state index contributed by atoms with van der Waals surface area (Å²) in [7, 11) is 1.64. The maximum absolute atomic E-state index is 11.2. The fourth-order valence-corrected chi connectivity index (χ4v) is 3.47. The number of ether oxygens (including phenoxy) is 2. The van der Waals surface area contributed by atoms with Crippen LogP contribution in [0.2, 0.25) is 0 Å². The second kappa shape index (κ2) is 7.70. The molecule has 0 fully saturated rings. The summed E-state index contributed by atoms with van der Waals surface area (Å²) in [5.41, 5.74) is 5.19. The van der Waals surface area contributed by atoms with Crippen molar-refractivity contribution in [2.75, 3.05) is 25.2 Å². The number of nitro benzene ring substituents is 1. The second-order valence-electron chi connectivity index (χ2n) is 6.55. The fraction of sp³-hybridized carbons (Fsp3) is 0.182. The molecular weight excluding hydrogens is 356 g/mol. The number of nitro groups is 1. The Labute approximate surface area is 163 Å². The molecule has 3 aromatic rings. The van der Waals surface area contributed by atoms with Crippen LogP contribution in [-0.2, 0) is 11.2 Å². The van der Waals surface area contributed by atoms with Crippen LogP contribution in [0.15, 0.2) is 66.7 Å². The van der Waals surface area contributed by atoms with E-state index in [1.807, 2.05) is 42.5 Å². The minimum absolute atomic E-state index is 0.111. The lowest BCUT2D eigenvalue weighted by Gasteiger charge is -2.33. The van der Waals surface area contributed by atoms with Gasteiger partial charge in [-0.15, -0.1) is 0 Å². The van der Waals surface area contributed by atoms with E-state index in [2.05, 4.69) is 17.0 Å². The zero-order valence-electron chi connectivity index (χ0n) is 15.5. The van der Waals surface area contributed by atoms with Crippen molar-refractivity contribution < 1.29 is 14.4 Å². The summed E-state index contributed by atoms with van der Waals surface area (Å²) in [6.45, 7) is 1.03. The highest BCUT2D eigenvalue weighted by Gasteiger charge is 2.25. The van der Waals surface area contributed by atoms with Crippen molar-refractivity contribution in [1.29, 1.82) is 0 Å². The average molecular weight is 376 g/mol. The monoisotopic (exact) mass is 376 g/mol. The van der Waals surface area contributed by atoms with E-state index in [9.17, 15) is 10.1 Å². The van der Waals surface area contributed by atoms with Crippen LogP contribution >= 0.6 is 0 Å². The Morgan fingerprint density at radius 3 is 2.46 bits per heavy atom. The molecular formula is C22H20N2O4. The minimum atomic E-state index is -0.350. The number of benzene rings is 3. The Bertz CT molecular complexity index is 1000. The molecule has 6 heteroatoms. The van der Waals surface area contributed by atoms with Gasteiger partial charge in [0.05, 0.1) is 17.2 Å². The summed E-state index contributed by atoms with van der Waals surface area (Å²) < 4.78 is 10.7. The lowest BCUT2D eigenvalue weighted by Crippen LogP contribution is -2.18. The summed E-state index contributed by atoms with van der Waals surface area (Å²) in [6.07, 6.45) is 0.669. The summed E-state index contributed by atoms with van der Waals surface area (Å²) in [5.74, 6) is 0.773. The van der Waals surface area contributed by atoms with Crippen molar-refractivity contribution in [2.45, 2.75) is 6.42 Å². The van der Waals surface area contributed by atoms with E-state index in [1.165, 1.54) is 0 Å². The molecule has 142 valence electrons. The number of hydrogen-bond donors (Lipinski definition) is 0. The molecule has 0 unspecified atom stereocenters. The molecule has 4 rings (SSSR count). The predicted octanol–water partition coefficient (Wildman–Crippen LogP) is 4.99. The van der Waals surface area contributed by atoms with Crippen molar-refractivity contribution in [3.8, 4) is 5.75 Å². The summed E-state index contributed by atoms with van der Waals surface area (Å²) >= 11 is 0. The van der Waals surface area contributed by atoms with Gasteiger partial charge in [0.1, 0.15) is 12.4 Å². The molecule has 0 amide bonds. The van der Waals surface area contributed by atoms with Crippen LogP contribution < -0.4 is 9.64 Å². The van der Waals surface area contributed by atoms with E-state index in [4.69, 9.17) is 9.47 Å². The zero-order valence-corrected chi connectivity index (χ0v) is 15.5. The van der Waals surface area contributed by atoms with Gasteiger partial charge >= 0.3 is 0 Å². The number of rotatable bonds is 6. The standard InChI is InChI=1S/C22H20N2O4/c1-27-12-13-28-20-9-6-18(7-10-20)23-21-5-3-2-4-16(21)14-17-15-19(24(25)26)8-11-22(17)23/h2-11,15H,12-14H2,1H3. The normalized spacial score (nSPS) is 12.2. The molecule has 0 aromatic heterocycles. The molecule has 0 saturated heterocycles. The Morgan fingerprint density at radius 1 is 0.964 bits per heavy atom. The van der Waals surface area contributed by atoms with Crippen LogP contribution in [-0.4, -0.2) is 25.2 Å². The van der Waals surface area contributed by atoms with Gasteiger partial charge in [-0.25, -0.2) is 0 Å². The maximum atomic E-state index is 11.2. The number of methoxy groups -OCH3 is 1. The van der Waals surface area contributed by atoms with Crippen molar-refractivity contribution in [3.63, 3.8) is 0 Å². The quantitative estimate of drug-likeness (QED) is 0.269. The first-order valence-electron chi connectivity index (χ1n) is 9.04. The SMILES string of the molecule is COCCOc1ccc(N2c3ccccc3Cc3cc([N+](=O)[O-])ccc32)cc1. The number of fused-ring (bicyclic) bond motifs is 2. The Balaban J connectivity index is 1.73. The Morgan fingerprint density at radius 2 is 1.71 bits per heavy atom. The molecule has 3 aromatic carbocycles. The second-order valence-corrected chi connectivity index (χ2v) is 6.55. The van der Waals surface area contributed by atoms with Gasteiger partial charge in [0, 0.05) is 37.0 Å². The topological polar surface area (TPSA) is 64.8 Å². The van der Waals surface area contributed by atoms with Crippen LogP contribution in [0, 0.1) is 10.1 Å². The van der Waals surface area contributed by atoms with E-state index in [-0.39, 0.29) is 10.6 Å². The van der Waals surface area contributed by atoms with Crippen LogP contribution in [0.1, 0.15) is 11.1 Å². The van der Waals surface area contributed by atoms with Gasteiger partial charge in [-0.3, -0.25) is 10.1 Å². The molecule has 6 nitrogen and oxygen atoms in total. The lowest BCUT2D eigenvalue weighted by molar-refractivity contribution is -0.384. The van der Waals surface area contributed by atoms with Gasteiger partial charge in [-0.05, 0) is 47.5 Å². The molecule has 0 aliphatic carbocycles. The van der Waals surface area contributed by atoms with Gasteiger partial charge in [-0.1, -0.05) is 18.2 Å². The molecule has 1 heterocycles. The number of hydrogen-bond acceptors (Lipinski definition) is 5. The third-order valence-electron chi connectivity index (χ3n) is 4.78. The Hall–Kier alpha value is -3.38. The van der Waals surface area contributed by atoms with Gasteiger partial charge in [0.15, 0.2) is 0 Å². The fourth-order valence-electron chi connectivity index (χ4n) is 3.47. The van der Waals surface area contributed by atoms with E-state index >= 15 is 0 Å². The van der Waals surface area contributed by atoms with Crippen molar-refractivity contribution >= 4 is 22.7 Å². The summed E-state index contributed by atoms with van der Waals surface area (Å²) in [5, 5.41) is 11.2. The van der Waals surface area contributed by atoms with Crippen molar-refractivity contribution in [2.24, 2.45) is 0 Å². The first kappa shape index (κ1) is 18.0. The minimum Gasteiger partial charge on any atom is -0.491 e. The molecule has 0 bridgehead atoms. The molecule has 0 saturated carbocycles. The van der Waals surface area contributed by atoms with Crippen LogP contribution in [0.5, 0.6) is 5.75 Å². The number of para-hydroxylation sites is 1. The van der Waals surface area contributed by atoms with E-state index in [0.29, 0.717) is 19.6 Å². The van der Waals surface area contributed by atoms with E-state index in [0.717, 1.165) is 33.9 Å². The summed E-state index contributed by atoms with van der Waals surface area (Å²) in [6, 6.07) is 21.0. The third kappa shape index (κ3) is 3.42. The molecule has 0 atom stereocenters. The predicted molar refractivity (Wildman–Crippen MR) is 108 cm³/mol. The van der Waals surface area contributed by atoms with Crippen molar-refractivity contribution in [3.05, 3.63) is 88.0 Å².